The summed E-state index contributed by atoms with van der Waals surface area (Å²) in [6, 6.07) is 1.52. The first-order valence-corrected chi connectivity index (χ1v) is 9.09. The van der Waals surface area contributed by atoms with Gasteiger partial charge in [-0.05, 0) is 38.2 Å². The van der Waals surface area contributed by atoms with Gasteiger partial charge in [0.25, 0.3) is 11.8 Å². The van der Waals surface area contributed by atoms with E-state index in [9.17, 15) is 14.4 Å². The maximum Gasteiger partial charge on any atom is 0.413 e. The highest BCUT2D eigenvalue weighted by Gasteiger charge is 2.27. The fourth-order valence-electron chi connectivity index (χ4n) is 2.92. The molecule has 2 heterocycles. The molecule has 0 fully saturated rings. The molecular weight excluding hydrogens is 358 g/mol. The van der Waals surface area contributed by atoms with Gasteiger partial charge in [0, 0.05) is 10.9 Å². The van der Waals surface area contributed by atoms with Crippen molar-refractivity contribution in [2.75, 3.05) is 12.4 Å². The number of carbonyl (C=O) groups excluding carboxylic acids is 3. The Kier molecular flexibility index (Phi) is 5.36. The van der Waals surface area contributed by atoms with Crippen LogP contribution in [0.2, 0.25) is 0 Å². The molecule has 0 saturated heterocycles. The van der Waals surface area contributed by atoms with Crippen molar-refractivity contribution in [3.8, 4) is 0 Å². The number of imide groups is 1. The highest BCUT2D eigenvalue weighted by molar-refractivity contribution is 7.17. The van der Waals surface area contributed by atoms with Gasteiger partial charge < -0.3 is 14.6 Å². The van der Waals surface area contributed by atoms with Crippen LogP contribution in [0.15, 0.2) is 10.6 Å². The van der Waals surface area contributed by atoms with E-state index in [1.807, 2.05) is 0 Å². The summed E-state index contributed by atoms with van der Waals surface area (Å²) in [4.78, 5) is 37.5. The number of amides is 3. The molecule has 2 N–H and O–H groups in total. The Morgan fingerprint density at radius 3 is 2.65 bits per heavy atom. The molecule has 0 unspecified atom stereocenters. The fraction of sp³-hybridized carbons (Fsp3) is 0.412. The molecular formula is C17H19N3O5S. The number of thiophene rings is 1. The number of methoxy groups -OCH3 is 1. The maximum absolute atomic E-state index is 12.6. The van der Waals surface area contributed by atoms with Gasteiger partial charge in [-0.25, -0.2) is 4.79 Å². The van der Waals surface area contributed by atoms with Crippen LogP contribution in [-0.2, 0) is 17.6 Å². The van der Waals surface area contributed by atoms with E-state index in [1.54, 1.807) is 6.92 Å². The molecule has 1 aliphatic rings. The summed E-state index contributed by atoms with van der Waals surface area (Å²) in [6.07, 6.45) is 3.80. The molecule has 0 saturated carbocycles. The zero-order valence-corrected chi connectivity index (χ0v) is 15.3. The molecule has 0 radical (unpaired) electrons. The van der Waals surface area contributed by atoms with Crippen LogP contribution < -0.4 is 10.6 Å². The molecule has 138 valence electrons. The van der Waals surface area contributed by atoms with Gasteiger partial charge in [-0.1, -0.05) is 11.6 Å². The number of hydrogen-bond acceptors (Lipinski definition) is 7. The number of rotatable bonds is 3. The predicted octanol–water partition coefficient (Wildman–Crippen LogP) is 3.06. The Morgan fingerprint density at radius 2 is 1.96 bits per heavy atom. The van der Waals surface area contributed by atoms with Crippen LogP contribution in [0.5, 0.6) is 0 Å². The maximum atomic E-state index is 12.6. The third-order valence-corrected chi connectivity index (χ3v) is 5.34. The van der Waals surface area contributed by atoms with Crippen molar-refractivity contribution in [1.29, 1.82) is 0 Å². The minimum atomic E-state index is -0.840. The zero-order chi connectivity index (χ0) is 18.7. The SMILES string of the molecule is COC(=O)NC(=O)c1c(NC(=O)c2cc(C)on2)sc2c1CCCCC2. The second-order valence-electron chi connectivity index (χ2n) is 5.99. The molecule has 26 heavy (non-hydrogen) atoms. The lowest BCUT2D eigenvalue weighted by Crippen LogP contribution is -2.31. The van der Waals surface area contributed by atoms with E-state index in [0.717, 1.165) is 42.5 Å². The normalized spacial score (nSPS) is 13.5. The summed E-state index contributed by atoms with van der Waals surface area (Å²) in [6.45, 7) is 1.69. The Morgan fingerprint density at radius 1 is 1.19 bits per heavy atom. The Hall–Kier alpha value is -2.68. The molecule has 9 heteroatoms. The number of aryl methyl sites for hydroxylation is 2. The van der Waals surface area contributed by atoms with Crippen LogP contribution in [-0.4, -0.2) is 30.2 Å². The summed E-state index contributed by atoms with van der Waals surface area (Å²) >= 11 is 1.36. The first kappa shape index (κ1) is 18.1. The number of ether oxygens (including phenoxy) is 1. The zero-order valence-electron chi connectivity index (χ0n) is 14.5. The summed E-state index contributed by atoms with van der Waals surface area (Å²) in [5.41, 5.74) is 1.34. The van der Waals surface area contributed by atoms with Crippen LogP contribution in [0.1, 0.15) is 56.3 Å². The Labute approximate surface area is 153 Å². The molecule has 0 atom stereocenters. The number of fused-ring (bicyclic) bond motifs is 1. The topological polar surface area (TPSA) is 111 Å². The highest BCUT2D eigenvalue weighted by Crippen LogP contribution is 2.37. The van der Waals surface area contributed by atoms with Crippen LogP contribution in [0.4, 0.5) is 9.80 Å². The number of carbonyl (C=O) groups is 3. The van der Waals surface area contributed by atoms with Crippen LogP contribution in [0.25, 0.3) is 0 Å². The second kappa shape index (κ2) is 7.69. The van der Waals surface area contributed by atoms with Crippen molar-refractivity contribution in [1.82, 2.24) is 10.5 Å². The summed E-state index contributed by atoms with van der Waals surface area (Å²) in [5, 5.41) is 9.01. The van der Waals surface area contributed by atoms with Gasteiger partial charge in [0.1, 0.15) is 10.8 Å². The quantitative estimate of drug-likeness (QED) is 0.796. The van der Waals surface area contributed by atoms with Gasteiger partial charge in [0.15, 0.2) is 5.69 Å². The van der Waals surface area contributed by atoms with E-state index >= 15 is 0 Å². The minimum absolute atomic E-state index is 0.130. The molecule has 3 amide bonds. The van der Waals surface area contributed by atoms with Crippen molar-refractivity contribution in [3.63, 3.8) is 0 Å². The van der Waals surface area contributed by atoms with Gasteiger partial charge in [-0.3, -0.25) is 14.9 Å². The lowest BCUT2D eigenvalue weighted by Gasteiger charge is -2.08. The number of aromatic nitrogens is 1. The highest BCUT2D eigenvalue weighted by atomic mass is 32.1. The Balaban J connectivity index is 1.94. The van der Waals surface area contributed by atoms with Crippen molar-refractivity contribution in [2.24, 2.45) is 0 Å². The van der Waals surface area contributed by atoms with E-state index in [0.29, 0.717) is 16.3 Å². The van der Waals surface area contributed by atoms with Crippen LogP contribution >= 0.6 is 11.3 Å². The summed E-state index contributed by atoms with van der Waals surface area (Å²) in [5.74, 6) is -0.533. The average molecular weight is 377 g/mol. The molecule has 0 aliphatic heterocycles. The van der Waals surface area contributed by atoms with E-state index in [1.165, 1.54) is 24.5 Å². The monoisotopic (exact) mass is 377 g/mol. The third-order valence-electron chi connectivity index (χ3n) is 4.14. The minimum Gasteiger partial charge on any atom is -0.453 e. The van der Waals surface area contributed by atoms with E-state index < -0.39 is 17.9 Å². The molecule has 0 aromatic carbocycles. The predicted molar refractivity (Wildman–Crippen MR) is 94.6 cm³/mol. The first-order chi connectivity index (χ1) is 12.5. The van der Waals surface area contributed by atoms with E-state index in [-0.39, 0.29) is 5.69 Å². The van der Waals surface area contributed by atoms with Gasteiger partial charge in [-0.2, -0.15) is 0 Å². The summed E-state index contributed by atoms with van der Waals surface area (Å²) in [7, 11) is 1.19. The number of hydrogen-bond donors (Lipinski definition) is 2. The van der Waals surface area contributed by atoms with Crippen molar-refractivity contribution >= 4 is 34.2 Å². The number of nitrogens with zero attached hydrogens (tertiary/aromatic N) is 1. The molecule has 2 aromatic rings. The second-order valence-corrected chi connectivity index (χ2v) is 7.10. The summed E-state index contributed by atoms with van der Waals surface area (Å²) < 4.78 is 9.42. The van der Waals surface area contributed by atoms with Crippen LogP contribution in [0, 0.1) is 6.92 Å². The number of alkyl carbamates (subject to hydrolysis) is 1. The number of anilines is 1. The van der Waals surface area contributed by atoms with Gasteiger partial charge >= 0.3 is 6.09 Å². The van der Waals surface area contributed by atoms with Crippen molar-refractivity contribution in [2.45, 2.75) is 39.0 Å². The smallest absolute Gasteiger partial charge is 0.413 e. The molecule has 0 bridgehead atoms. The van der Waals surface area contributed by atoms with Gasteiger partial charge in [0.05, 0.1) is 12.7 Å². The molecule has 8 nitrogen and oxygen atoms in total. The van der Waals surface area contributed by atoms with Crippen molar-refractivity contribution < 1.29 is 23.6 Å². The van der Waals surface area contributed by atoms with Crippen molar-refractivity contribution in [3.05, 3.63) is 33.5 Å². The van der Waals surface area contributed by atoms with Gasteiger partial charge in [-0.15, -0.1) is 11.3 Å². The van der Waals surface area contributed by atoms with E-state index in [2.05, 4.69) is 20.5 Å². The lowest BCUT2D eigenvalue weighted by atomic mass is 10.0. The largest absolute Gasteiger partial charge is 0.453 e. The van der Waals surface area contributed by atoms with Gasteiger partial charge in [0.2, 0.25) is 0 Å². The third kappa shape index (κ3) is 3.77. The Bertz CT molecular complexity index is 855. The van der Waals surface area contributed by atoms with E-state index in [4.69, 9.17) is 4.52 Å². The molecule has 0 spiro atoms. The van der Waals surface area contributed by atoms with Crippen LogP contribution in [0.3, 0.4) is 0 Å². The average Bonchev–Trinajstić information content (AvgIpc) is 3.11. The number of nitrogens with one attached hydrogen (secondary N) is 2. The lowest BCUT2D eigenvalue weighted by molar-refractivity contribution is 0.0937. The first-order valence-electron chi connectivity index (χ1n) is 8.28. The molecule has 3 rings (SSSR count). The molecule has 1 aliphatic carbocycles. The molecule has 2 aromatic heterocycles. The standard InChI is InChI=1S/C17H19N3O5S/c1-9-8-11(20-25-9)14(21)18-16-13(15(22)19-17(23)24-2)10-6-4-3-5-7-12(10)26-16/h8H,3-7H2,1-2H3,(H,18,21)(H,19,22,23). The fourth-order valence-corrected chi connectivity index (χ4v) is 4.20.